The van der Waals surface area contributed by atoms with Gasteiger partial charge in [0.2, 0.25) is 0 Å². The molecule has 0 unspecified atom stereocenters. The number of aromatic nitrogens is 1. The second-order valence-corrected chi connectivity index (χ2v) is 4.92. The van der Waals surface area contributed by atoms with Gasteiger partial charge in [0.25, 0.3) is 0 Å². The summed E-state index contributed by atoms with van der Waals surface area (Å²) in [6, 6.07) is 0. The lowest BCUT2D eigenvalue weighted by Crippen LogP contribution is -2.37. The number of thiazole rings is 1. The zero-order valence-corrected chi connectivity index (χ0v) is 9.17. The van der Waals surface area contributed by atoms with Gasteiger partial charge in [0.05, 0.1) is 5.51 Å². The van der Waals surface area contributed by atoms with Crippen LogP contribution < -0.4 is 5.73 Å². The molecule has 1 aromatic heterocycles. The smallest absolute Gasteiger partial charge is 0.0794 e. The van der Waals surface area contributed by atoms with Crippen molar-refractivity contribution in [1.82, 2.24) is 9.88 Å². The number of piperidine rings is 1. The quantitative estimate of drug-likeness (QED) is 0.820. The molecule has 0 aliphatic carbocycles. The van der Waals surface area contributed by atoms with Crippen molar-refractivity contribution >= 4 is 11.3 Å². The highest BCUT2D eigenvalue weighted by Gasteiger charge is 2.18. The van der Waals surface area contributed by atoms with Crippen LogP contribution in [-0.4, -0.2) is 29.5 Å². The third kappa shape index (κ3) is 2.53. The zero-order chi connectivity index (χ0) is 9.80. The van der Waals surface area contributed by atoms with E-state index in [4.69, 9.17) is 5.73 Å². The molecule has 4 heteroatoms. The fraction of sp³-hybridized carbons (Fsp3) is 0.700. The van der Waals surface area contributed by atoms with E-state index in [1.807, 2.05) is 11.7 Å². The lowest BCUT2D eigenvalue weighted by molar-refractivity contribution is 0.172. The molecule has 1 aromatic rings. The number of hydrogen-bond acceptors (Lipinski definition) is 4. The summed E-state index contributed by atoms with van der Waals surface area (Å²) in [6.07, 6.45) is 4.56. The monoisotopic (exact) mass is 211 g/mol. The molecular weight excluding hydrogens is 194 g/mol. The lowest BCUT2D eigenvalue weighted by Gasteiger charge is -2.31. The molecule has 14 heavy (non-hydrogen) atoms. The van der Waals surface area contributed by atoms with Crippen LogP contribution in [0, 0.1) is 5.92 Å². The molecule has 2 N–H and O–H groups in total. The molecule has 78 valence electrons. The van der Waals surface area contributed by atoms with Gasteiger partial charge in [-0.05, 0) is 31.8 Å². The van der Waals surface area contributed by atoms with E-state index in [1.54, 1.807) is 11.3 Å². The van der Waals surface area contributed by atoms with Crippen molar-refractivity contribution < 1.29 is 0 Å². The molecular formula is C10H17N3S. The summed E-state index contributed by atoms with van der Waals surface area (Å²) >= 11 is 1.74. The number of hydrogen-bond donors (Lipinski definition) is 1. The Bertz CT molecular complexity index is 260. The van der Waals surface area contributed by atoms with Crippen molar-refractivity contribution in [3.8, 4) is 0 Å². The zero-order valence-electron chi connectivity index (χ0n) is 8.35. The lowest BCUT2D eigenvalue weighted by atomic mass is 9.98. The van der Waals surface area contributed by atoms with Crippen molar-refractivity contribution in [3.63, 3.8) is 0 Å². The van der Waals surface area contributed by atoms with Gasteiger partial charge >= 0.3 is 0 Å². The Kier molecular flexibility index (Phi) is 3.50. The van der Waals surface area contributed by atoms with Crippen LogP contribution in [0.15, 0.2) is 11.7 Å². The van der Waals surface area contributed by atoms with E-state index in [9.17, 15) is 0 Å². The predicted octanol–water partition coefficient (Wildman–Crippen LogP) is 1.31. The van der Waals surface area contributed by atoms with Crippen molar-refractivity contribution in [3.05, 3.63) is 16.6 Å². The molecule has 1 atom stereocenters. The Morgan fingerprint density at radius 3 is 3.29 bits per heavy atom. The summed E-state index contributed by atoms with van der Waals surface area (Å²) < 4.78 is 0. The average Bonchev–Trinajstić information content (AvgIpc) is 2.71. The minimum Gasteiger partial charge on any atom is -0.330 e. The van der Waals surface area contributed by atoms with Gasteiger partial charge in [-0.1, -0.05) is 0 Å². The van der Waals surface area contributed by atoms with Crippen LogP contribution in [0.3, 0.4) is 0 Å². The maximum atomic E-state index is 5.70. The van der Waals surface area contributed by atoms with Crippen molar-refractivity contribution in [2.24, 2.45) is 11.7 Å². The second-order valence-electron chi connectivity index (χ2n) is 3.95. The van der Waals surface area contributed by atoms with Crippen LogP contribution >= 0.6 is 11.3 Å². The van der Waals surface area contributed by atoms with E-state index in [2.05, 4.69) is 9.88 Å². The number of likely N-dealkylation sites (tertiary alicyclic amines) is 1. The first-order chi connectivity index (χ1) is 6.88. The summed E-state index contributed by atoms with van der Waals surface area (Å²) in [5, 5.41) is 0. The minimum absolute atomic E-state index is 0.705. The molecule has 1 fully saturated rings. The summed E-state index contributed by atoms with van der Waals surface area (Å²) in [7, 11) is 0. The molecule has 3 nitrogen and oxygen atoms in total. The highest BCUT2D eigenvalue weighted by Crippen LogP contribution is 2.18. The van der Waals surface area contributed by atoms with Crippen molar-refractivity contribution in [2.75, 3.05) is 19.6 Å². The van der Waals surface area contributed by atoms with Gasteiger partial charge in [-0.3, -0.25) is 9.88 Å². The molecule has 0 amide bonds. The maximum absolute atomic E-state index is 5.70. The van der Waals surface area contributed by atoms with E-state index in [1.165, 1.54) is 24.3 Å². The van der Waals surface area contributed by atoms with Crippen molar-refractivity contribution in [2.45, 2.75) is 19.4 Å². The molecule has 0 bridgehead atoms. The summed E-state index contributed by atoms with van der Waals surface area (Å²) in [6.45, 7) is 4.27. The molecule has 0 radical (unpaired) electrons. The Hall–Kier alpha value is -0.450. The highest BCUT2D eigenvalue weighted by molar-refractivity contribution is 7.09. The summed E-state index contributed by atoms with van der Waals surface area (Å²) in [5.41, 5.74) is 7.60. The second kappa shape index (κ2) is 4.87. The summed E-state index contributed by atoms with van der Waals surface area (Å²) in [5.74, 6) is 0.705. The first-order valence-electron chi connectivity index (χ1n) is 5.18. The number of nitrogens with zero attached hydrogens (tertiary/aromatic N) is 2. The maximum Gasteiger partial charge on any atom is 0.0794 e. The first-order valence-corrected chi connectivity index (χ1v) is 6.06. The van der Waals surface area contributed by atoms with Crippen LogP contribution in [0.1, 0.15) is 17.7 Å². The predicted molar refractivity (Wildman–Crippen MR) is 59.2 cm³/mol. The van der Waals surface area contributed by atoms with E-state index in [0.717, 1.165) is 19.6 Å². The Balaban J connectivity index is 1.86. The van der Waals surface area contributed by atoms with E-state index >= 15 is 0 Å². The normalized spacial score (nSPS) is 23.9. The van der Waals surface area contributed by atoms with E-state index in [-0.39, 0.29) is 0 Å². The SMILES string of the molecule is NC[C@@H]1CCCN(Cc2cncs2)C1. The standard InChI is InChI=1S/C10H17N3S/c11-4-9-2-1-3-13(6-9)7-10-5-12-8-14-10/h5,8-9H,1-4,6-7,11H2/t9-/m0/s1. The van der Waals surface area contributed by atoms with Crippen molar-refractivity contribution in [1.29, 1.82) is 0 Å². The van der Waals surface area contributed by atoms with Crippen LogP contribution in [-0.2, 0) is 6.54 Å². The Morgan fingerprint density at radius 2 is 2.57 bits per heavy atom. The van der Waals surface area contributed by atoms with Gasteiger partial charge in [-0.15, -0.1) is 11.3 Å². The Labute approximate surface area is 88.9 Å². The van der Waals surface area contributed by atoms with Gasteiger partial charge < -0.3 is 5.73 Å². The van der Waals surface area contributed by atoms with Gasteiger partial charge in [-0.25, -0.2) is 0 Å². The fourth-order valence-corrected chi connectivity index (χ4v) is 2.66. The first kappa shape index (κ1) is 10.1. The van der Waals surface area contributed by atoms with Crippen LogP contribution in [0.4, 0.5) is 0 Å². The molecule has 2 heterocycles. The molecule has 0 aromatic carbocycles. The van der Waals surface area contributed by atoms with Gasteiger partial charge in [0.1, 0.15) is 0 Å². The number of nitrogens with two attached hydrogens (primary N) is 1. The van der Waals surface area contributed by atoms with Gasteiger partial charge in [0.15, 0.2) is 0 Å². The third-order valence-corrected chi connectivity index (χ3v) is 3.56. The fourth-order valence-electron chi connectivity index (χ4n) is 2.03. The highest BCUT2D eigenvalue weighted by atomic mass is 32.1. The average molecular weight is 211 g/mol. The topological polar surface area (TPSA) is 42.1 Å². The van der Waals surface area contributed by atoms with E-state index < -0.39 is 0 Å². The molecule has 1 saturated heterocycles. The third-order valence-electron chi connectivity index (χ3n) is 2.80. The van der Waals surface area contributed by atoms with Gasteiger partial charge in [0, 0.05) is 24.2 Å². The van der Waals surface area contributed by atoms with E-state index in [0.29, 0.717) is 5.92 Å². The molecule has 1 aliphatic heterocycles. The number of rotatable bonds is 3. The summed E-state index contributed by atoms with van der Waals surface area (Å²) in [4.78, 5) is 7.95. The largest absolute Gasteiger partial charge is 0.330 e. The van der Waals surface area contributed by atoms with Crippen LogP contribution in [0.5, 0.6) is 0 Å². The van der Waals surface area contributed by atoms with Gasteiger partial charge in [-0.2, -0.15) is 0 Å². The molecule has 1 aliphatic rings. The Morgan fingerprint density at radius 1 is 1.64 bits per heavy atom. The molecule has 0 spiro atoms. The van der Waals surface area contributed by atoms with Crippen LogP contribution in [0.25, 0.3) is 0 Å². The minimum atomic E-state index is 0.705. The molecule has 2 rings (SSSR count). The molecule has 0 saturated carbocycles. The van der Waals surface area contributed by atoms with Crippen LogP contribution in [0.2, 0.25) is 0 Å².